The van der Waals surface area contributed by atoms with Crippen molar-refractivity contribution in [2.75, 3.05) is 31.5 Å². The molecule has 1 fully saturated rings. The molecule has 1 N–H and O–H groups in total. The molecule has 1 aliphatic rings. The lowest BCUT2D eigenvalue weighted by Crippen LogP contribution is -2.34. The average molecular weight is 514 g/mol. The number of carbonyl (C=O) groups is 2. The van der Waals surface area contributed by atoms with Crippen LogP contribution in [0, 0.1) is 5.82 Å². The van der Waals surface area contributed by atoms with Gasteiger partial charge < -0.3 is 10.2 Å². The molecule has 3 aromatic carbocycles. The van der Waals surface area contributed by atoms with Crippen LogP contribution >= 0.6 is 11.3 Å². The molecule has 4 aromatic rings. The standard InChI is InChI=1S/C30H28FN3O2S/c31-25-12-10-24(11-13-25)29(35)32-26-9-4-6-22(20-26)21-33-16-5-17-34(19-18-33)30(36)28-15-14-27(37-28)23-7-2-1-3-8-23/h1-4,6-15,20H,5,16-19,21H2,(H,32,35). The fraction of sp³-hybridized carbons (Fsp3) is 0.200. The molecule has 37 heavy (non-hydrogen) atoms. The molecule has 1 aromatic heterocycles. The van der Waals surface area contributed by atoms with Crippen LogP contribution in [0.3, 0.4) is 0 Å². The molecular formula is C30H28FN3O2S. The topological polar surface area (TPSA) is 52.7 Å². The van der Waals surface area contributed by atoms with Crippen molar-refractivity contribution in [2.45, 2.75) is 13.0 Å². The van der Waals surface area contributed by atoms with Crippen molar-refractivity contribution in [3.05, 3.63) is 113 Å². The van der Waals surface area contributed by atoms with Crippen molar-refractivity contribution in [1.82, 2.24) is 9.80 Å². The molecule has 0 aliphatic carbocycles. The Bertz CT molecular complexity index is 1370. The monoisotopic (exact) mass is 513 g/mol. The predicted molar refractivity (Wildman–Crippen MR) is 146 cm³/mol. The second-order valence-corrected chi connectivity index (χ2v) is 10.2. The van der Waals surface area contributed by atoms with E-state index in [0.717, 1.165) is 53.5 Å². The van der Waals surface area contributed by atoms with Crippen molar-refractivity contribution < 1.29 is 14.0 Å². The van der Waals surface area contributed by atoms with E-state index in [2.05, 4.69) is 22.3 Å². The zero-order valence-electron chi connectivity index (χ0n) is 20.4. The fourth-order valence-electron chi connectivity index (χ4n) is 4.51. The maximum atomic E-state index is 13.2. The van der Waals surface area contributed by atoms with Gasteiger partial charge in [0.1, 0.15) is 5.82 Å². The summed E-state index contributed by atoms with van der Waals surface area (Å²) in [5.41, 5.74) is 3.32. The van der Waals surface area contributed by atoms with Crippen LogP contribution in [-0.2, 0) is 6.54 Å². The van der Waals surface area contributed by atoms with E-state index in [1.165, 1.54) is 24.3 Å². The molecular weight excluding hydrogens is 485 g/mol. The predicted octanol–water partition coefficient (Wildman–Crippen LogP) is 6.15. The highest BCUT2D eigenvalue weighted by Crippen LogP contribution is 2.29. The van der Waals surface area contributed by atoms with Gasteiger partial charge in [0.25, 0.3) is 11.8 Å². The summed E-state index contributed by atoms with van der Waals surface area (Å²) >= 11 is 1.55. The number of benzene rings is 3. The number of rotatable bonds is 6. The quantitative estimate of drug-likeness (QED) is 0.336. The second kappa shape index (κ2) is 11.5. The van der Waals surface area contributed by atoms with Gasteiger partial charge in [-0.2, -0.15) is 0 Å². The molecule has 0 atom stereocenters. The Labute approximate surface area is 220 Å². The summed E-state index contributed by atoms with van der Waals surface area (Å²) in [6, 6.07) is 27.4. The number of amides is 2. The number of nitrogens with zero attached hydrogens (tertiary/aromatic N) is 2. The molecule has 0 bridgehead atoms. The number of halogens is 1. The van der Waals surface area contributed by atoms with Gasteiger partial charge in [0.2, 0.25) is 0 Å². The normalized spacial score (nSPS) is 14.2. The molecule has 0 spiro atoms. The van der Waals surface area contributed by atoms with Crippen LogP contribution in [0.15, 0.2) is 91.0 Å². The first-order chi connectivity index (χ1) is 18.0. The molecule has 7 heteroatoms. The summed E-state index contributed by atoms with van der Waals surface area (Å²) in [7, 11) is 0. The van der Waals surface area contributed by atoms with Gasteiger partial charge in [-0.3, -0.25) is 14.5 Å². The first-order valence-corrected chi connectivity index (χ1v) is 13.2. The van der Waals surface area contributed by atoms with E-state index in [1.807, 2.05) is 59.5 Å². The van der Waals surface area contributed by atoms with E-state index in [4.69, 9.17) is 0 Å². The van der Waals surface area contributed by atoms with Crippen molar-refractivity contribution in [3.8, 4) is 10.4 Å². The van der Waals surface area contributed by atoms with Crippen LogP contribution in [0.5, 0.6) is 0 Å². The van der Waals surface area contributed by atoms with E-state index in [-0.39, 0.29) is 17.6 Å². The van der Waals surface area contributed by atoms with Gasteiger partial charge in [0.15, 0.2) is 0 Å². The molecule has 2 amide bonds. The third-order valence-corrected chi connectivity index (χ3v) is 7.57. The van der Waals surface area contributed by atoms with Crippen LogP contribution in [0.2, 0.25) is 0 Å². The Morgan fingerprint density at radius 3 is 2.46 bits per heavy atom. The van der Waals surface area contributed by atoms with E-state index in [9.17, 15) is 14.0 Å². The number of anilines is 1. The fourth-order valence-corrected chi connectivity index (χ4v) is 5.49. The summed E-state index contributed by atoms with van der Waals surface area (Å²) in [5.74, 6) is -0.548. The van der Waals surface area contributed by atoms with Gasteiger partial charge in [0, 0.05) is 48.9 Å². The van der Waals surface area contributed by atoms with E-state index < -0.39 is 0 Å². The lowest BCUT2D eigenvalue weighted by molar-refractivity contribution is 0.0765. The summed E-state index contributed by atoms with van der Waals surface area (Å²) in [6.07, 6.45) is 0.906. The lowest BCUT2D eigenvalue weighted by Gasteiger charge is -2.22. The van der Waals surface area contributed by atoms with Gasteiger partial charge in [0.05, 0.1) is 4.88 Å². The van der Waals surface area contributed by atoms with Crippen LogP contribution < -0.4 is 5.32 Å². The van der Waals surface area contributed by atoms with Crippen molar-refractivity contribution in [3.63, 3.8) is 0 Å². The maximum Gasteiger partial charge on any atom is 0.263 e. The van der Waals surface area contributed by atoms with Gasteiger partial charge in [-0.1, -0.05) is 42.5 Å². The minimum Gasteiger partial charge on any atom is -0.337 e. The maximum absolute atomic E-state index is 13.2. The molecule has 2 heterocycles. The largest absolute Gasteiger partial charge is 0.337 e. The molecule has 0 saturated carbocycles. The van der Waals surface area contributed by atoms with Gasteiger partial charge in [-0.05, 0) is 66.1 Å². The van der Waals surface area contributed by atoms with E-state index >= 15 is 0 Å². The molecule has 5 nitrogen and oxygen atoms in total. The Morgan fingerprint density at radius 1 is 0.838 bits per heavy atom. The summed E-state index contributed by atoms with van der Waals surface area (Å²) in [5, 5.41) is 2.89. The first-order valence-electron chi connectivity index (χ1n) is 12.4. The smallest absolute Gasteiger partial charge is 0.263 e. The number of nitrogens with one attached hydrogen (secondary N) is 1. The third kappa shape index (κ3) is 6.31. The van der Waals surface area contributed by atoms with E-state index in [0.29, 0.717) is 17.8 Å². The lowest BCUT2D eigenvalue weighted by atomic mass is 10.1. The van der Waals surface area contributed by atoms with Gasteiger partial charge >= 0.3 is 0 Å². The minimum atomic E-state index is -0.372. The van der Waals surface area contributed by atoms with Crippen molar-refractivity contribution >= 4 is 28.8 Å². The van der Waals surface area contributed by atoms with Crippen LogP contribution in [-0.4, -0.2) is 47.8 Å². The Morgan fingerprint density at radius 2 is 1.65 bits per heavy atom. The zero-order chi connectivity index (χ0) is 25.6. The molecule has 1 aliphatic heterocycles. The number of hydrogen-bond acceptors (Lipinski definition) is 4. The summed E-state index contributed by atoms with van der Waals surface area (Å²) in [4.78, 5) is 31.9. The Balaban J connectivity index is 1.17. The van der Waals surface area contributed by atoms with E-state index in [1.54, 1.807) is 11.3 Å². The Hall–Kier alpha value is -3.81. The molecule has 188 valence electrons. The van der Waals surface area contributed by atoms with Gasteiger partial charge in [-0.25, -0.2) is 4.39 Å². The highest BCUT2D eigenvalue weighted by atomic mass is 32.1. The Kier molecular flexibility index (Phi) is 7.73. The number of carbonyl (C=O) groups excluding carboxylic acids is 2. The molecule has 1 saturated heterocycles. The SMILES string of the molecule is O=C(Nc1cccc(CN2CCCN(C(=O)c3ccc(-c4ccccc4)s3)CC2)c1)c1ccc(F)cc1. The third-order valence-electron chi connectivity index (χ3n) is 6.45. The molecule has 5 rings (SSSR count). The second-order valence-electron chi connectivity index (χ2n) is 9.11. The summed E-state index contributed by atoms with van der Waals surface area (Å²) in [6.45, 7) is 3.84. The number of hydrogen-bond donors (Lipinski definition) is 1. The minimum absolute atomic E-state index is 0.0968. The highest BCUT2D eigenvalue weighted by Gasteiger charge is 2.22. The van der Waals surface area contributed by atoms with Crippen molar-refractivity contribution in [2.24, 2.45) is 0 Å². The highest BCUT2D eigenvalue weighted by molar-refractivity contribution is 7.17. The van der Waals surface area contributed by atoms with Gasteiger partial charge in [-0.15, -0.1) is 11.3 Å². The van der Waals surface area contributed by atoms with Crippen LogP contribution in [0.25, 0.3) is 10.4 Å². The van der Waals surface area contributed by atoms with Crippen LogP contribution in [0.1, 0.15) is 32.0 Å². The molecule has 0 radical (unpaired) electrons. The first kappa shape index (κ1) is 24.9. The zero-order valence-corrected chi connectivity index (χ0v) is 21.2. The summed E-state index contributed by atoms with van der Waals surface area (Å²) < 4.78 is 13.1. The molecule has 0 unspecified atom stereocenters. The van der Waals surface area contributed by atoms with Crippen LogP contribution in [0.4, 0.5) is 10.1 Å². The average Bonchev–Trinajstić information content (AvgIpc) is 3.30. The number of thiophene rings is 1. The van der Waals surface area contributed by atoms with Crippen molar-refractivity contribution in [1.29, 1.82) is 0 Å².